The Kier molecular flexibility index (Phi) is 4.58. The van der Waals surface area contributed by atoms with E-state index in [2.05, 4.69) is 10.5 Å². The molecule has 1 aliphatic heterocycles. The number of amides is 1. The predicted octanol–water partition coefficient (Wildman–Crippen LogP) is 1.43. The molecule has 1 amide bonds. The van der Waals surface area contributed by atoms with Crippen LogP contribution in [0.1, 0.15) is 36.3 Å². The Labute approximate surface area is 114 Å². The number of rotatable bonds is 3. The minimum absolute atomic E-state index is 0.154. The smallest absolute Gasteiger partial charge is 0.227 e. The molecule has 1 unspecified atom stereocenters. The van der Waals surface area contributed by atoms with Gasteiger partial charge in [0.1, 0.15) is 5.76 Å². The first-order valence-electron chi connectivity index (χ1n) is 6.97. The SMILES string of the molecule is Cc1noc(C)c1CC(=O)N(C)C1CCCNCC1. The Morgan fingerprint density at radius 1 is 1.42 bits per heavy atom. The van der Waals surface area contributed by atoms with E-state index >= 15 is 0 Å². The normalized spacial score (nSPS) is 20.1. The van der Waals surface area contributed by atoms with Gasteiger partial charge in [-0.05, 0) is 46.2 Å². The molecule has 1 aromatic heterocycles. The minimum atomic E-state index is 0.154. The van der Waals surface area contributed by atoms with Crippen molar-refractivity contribution in [2.24, 2.45) is 0 Å². The zero-order chi connectivity index (χ0) is 13.8. The molecule has 1 N–H and O–H groups in total. The molecular formula is C14H23N3O2. The van der Waals surface area contributed by atoms with Gasteiger partial charge in [0.15, 0.2) is 0 Å². The van der Waals surface area contributed by atoms with Crippen molar-refractivity contribution >= 4 is 5.91 Å². The van der Waals surface area contributed by atoms with Crippen LogP contribution in [0.3, 0.4) is 0 Å². The molecule has 5 nitrogen and oxygen atoms in total. The third-order valence-electron chi connectivity index (χ3n) is 4.00. The van der Waals surface area contributed by atoms with Crippen LogP contribution < -0.4 is 5.32 Å². The van der Waals surface area contributed by atoms with Crippen LogP contribution in [0, 0.1) is 13.8 Å². The maximum Gasteiger partial charge on any atom is 0.227 e. The van der Waals surface area contributed by atoms with E-state index in [-0.39, 0.29) is 5.91 Å². The summed E-state index contributed by atoms with van der Waals surface area (Å²) in [5.41, 5.74) is 1.75. The van der Waals surface area contributed by atoms with Crippen LogP contribution in [-0.2, 0) is 11.2 Å². The predicted molar refractivity (Wildman–Crippen MR) is 73.0 cm³/mol. The molecular weight excluding hydrogens is 242 g/mol. The Bertz CT molecular complexity index is 414. The van der Waals surface area contributed by atoms with Gasteiger partial charge in [-0.15, -0.1) is 0 Å². The van der Waals surface area contributed by atoms with Crippen LogP contribution in [-0.4, -0.2) is 42.1 Å². The van der Waals surface area contributed by atoms with E-state index in [1.54, 1.807) is 0 Å². The highest BCUT2D eigenvalue weighted by Crippen LogP contribution is 2.17. The summed E-state index contributed by atoms with van der Waals surface area (Å²) >= 11 is 0. The van der Waals surface area contributed by atoms with E-state index in [1.165, 1.54) is 0 Å². The van der Waals surface area contributed by atoms with Crippen LogP contribution in [0.2, 0.25) is 0 Å². The second-order valence-electron chi connectivity index (χ2n) is 5.32. The van der Waals surface area contributed by atoms with Gasteiger partial charge in [-0.1, -0.05) is 5.16 Å². The second kappa shape index (κ2) is 6.19. The number of likely N-dealkylation sites (N-methyl/N-ethyl adjacent to an activating group) is 1. The second-order valence-corrected chi connectivity index (χ2v) is 5.32. The fourth-order valence-corrected chi connectivity index (χ4v) is 2.62. The van der Waals surface area contributed by atoms with Crippen molar-refractivity contribution in [3.8, 4) is 0 Å². The van der Waals surface area contributed by atoms with E-state index in [1.807, 2.05) is 25.8 Å². The summed E-state index contributed by atoms with van der Waals surface area (Å²) in [5.74, 6) is 0.906. The third-order valence-corrected chi connectivity index (χ3v) is 4.00. The Morgan fingerprint density at radius 3 is 2.89 bits per heavy atom. The van der Waals surface area contributed by atoms with E-state index in [0.717, 1.165) is 49.4 Å². The molecule has 0 aromatic carbocycles. The molecule has 1 aromatic rings. The quantitative estimate of drug-likeness (QED) is 0.898. The summed E-state index contributed by atoms with van der Waals surface area (Å²) in [6.07, 6.45) is 3.63. The Hall–Kier alpha value is -1.36. The topological polar surface area (TPSA) is 58.4 Å². The maximum atomic E-state index is 12.4. The van der Waals surface area contributed by atoms with Crippen molar-refractivity contribution in [2.75, 3.05) is 20.1 Å². The molecule has 0 bridgehead atoms. The number of hydrogen-bond donors (Lipinski definition) is 1. The van der Waals surface area contributed by atoms with Crippen molar-refractivity contribution in [1.82, 2.24) is 15.4 Å². The average molecular weight is 265 g/mol. The number of aryl methyl sites for hydroxylation is 2. The number of nitrogens with one attached hydrogen (secondary N) is 1. The fraction of sp³-hybridized carbons (Fsp3) is 0.714. The molecule has 19 heavy (non-hydrogen) atoms. The molecule has 2 rings (SSSR count). The lowest BCUT2D eigenvalue weighted by molar-refractivity contribution is -0.131. The average Bonchev–Trinajstić information content (AvgIpc) is 2.65. The van der Waals surface area contributed by atoms with E-state index < -0.39 is 0 Å². The highest BCUT2D eigenvalue weighted by Gasteiger charge is 2.23. The van der Waals surface area contributed by atoms with Crippen LogP contribution in [0.15, 0.2) is 4.52 Å². The first-order valence-corrected chi connectivity index (χ1v) is 6.97. The summed E-state index contributed by atoms with van der Waals surface area (Å²) in [6.45, 7) is 5.79. The van der Waals surface area contributed by atoms with E-state index in [4.69, 9.17) is 4.52 Å². The van der Waals surface area contributed by atoms with Gasteiger partial charge in [0.2, 0.25) is 5.91 Å². The van der Waals surface area contributed by atoms with Gasteiger partial charge in [0.05, 0.1) is 12.1 Å². The summed E-state index contributed by atoms with van der Waals surface area (Å²) in [7, 11) is 1.91. The molecule has 0 radical (unpaired) electrons. The molecule has 1 aliphatic rings. The lowest BCUT2D eigenvalue weighted by Crippen LogP contribution is -2.38. The van der Waals surface area contributed by atoms with Gasteiger partial charge in [0, 0.05) is 18.7 Å². The van der Waals surface area contributed by atoms with Crippen molar-refractivity contribution < 1.29 is 9.32 Å². The number of nitrogens with zero attached hydrogens (tertiary/aromatic N) is 2. The van der Waals surface area contributed by atoms with Gasteiger partial charge in [-0.2, -0.15) is 0 Å². The standard InChI is InChI=1S/C14H23N3O2/c1-10-13(11(2)19-16-10)9-14(18)17(3)12-5-4-7-15-8-6-12/h12,15H,4-9H2,1-3H3. The van der Waals surface area contributed by atoms with Crippen LogP contribution in [0.25, 0.3) is 0 Å². The Balaban J connectivity index is 1.99. The van der Waals surface area contributed by atoms with E-state index in [0.29, 0.717) is 12.5 Å². The lowest BCUT2D eigenvalue weighted by Gasteiger charge is -2.27. The van der Waals surface area contributed by atoms with Crippen molar-refractivity contribution in [2.45, 2.75) is 45.6 Å². The maximum absolute atomic E-state index is 12.4. The minimum Gasteiger partial charge on any atom is -0.361 e. The first-order chi connectivity index (χ1) is 9.09. The number of carbonyl (C=O) groups excluding carboxylic acids is 1. The molecule has 5 heteroatoms. The zero-order valence-electron chi connectivity index (χ0n) is 12.0. The summed E-state index contributed by atoms with van der Waals surface area (Å²) in [5, 5.41) is 7.27. The highest BCUT2D eigenvalue weighted by molar-refractivity contribution is 5.79. The summed E-state index contributed by atoms with van der Waals surface area (Å²) in [6, 6.07) is 0.350. The molecule has 2 heterocycles. The van der Waals surface area contributed by atoms with Crippen LogP contribution in [0.5, 0.6) is 0 Å². The van der Waals surface area contributed by atoms with Gasteiger partial charge in [-0.25, -0.2) is 0 Å². The van der Waals surface area contributed by atoms with Crippen molar-refractivity contribution in [3.63, 3.8) is 0 Å². The van der Waals surface area contributed by atoms with Gasteiger partial charge in [-0.3, -0.25) is 4.79 Å². The molecule has 0 spiro atoms. The number of carbonyl (C=O) groups is 1. The Morgan fingerprint density at radius 2 is 2.21 bits per heavy atom. The summed E-state index contributed by atoms with van der Waals surface area (Å²) < 4.78 is 5.11. The van der Waals surface area contributed by atoms with Gasteiger partial charge in [0.25, 0.3) is 0 Å². The monoisotopic (exact) mass is 265 g/mol. The van der Waals surface area contributed by atoms with Crippen molar-refractivity contribution in [3.05, 3.63) is 17.0 Å². The fourth-order valence-electron chi connectivity index (χ4n) is 2.62. The number of hydrogen-bond acceptors (Lipinski definition) is 4. The van der Waals surface area contributed by atoms with Crippen LogP contribution >= 0.6 is 0 Å². The lowest BCUT2D eigenvalue weighted by atomic mass is 10.1. The van der Waals surface area contributed by atoms with E-state index in [9.17, 15) is 4.79 Å². The number of aromatic nitrogens is 1. The molecule has 1 atom stereocenters. The molecule has 1 saturated heterocycles. The molecule has 0 saturated carbocycles. The summed E-state index contributed by atoms with van der Waals surface area (Å²) in [4.78, 5) is 14.3. The third kappa shape index (κ3) is 3.35. The zero-order valence-corrected chi connectivity index (χ0v) is 12.0. The van der Waals surface area contributed by atoms with Gasteiger partial charge < -0.3 is 14.7 Å². The molecule has 106 valence electrons. The highest BCUT2D eigenvalue weighted by atomic mass is 16.5. The van der Waals surface area contributed by atoms with Gasteiger partial charge >= 0.3 is 0 Å². The first kappa shape index (κ1) is 14.1. The molecule has 1 fully saturated rings. The molecule has 0 aliphatic carbocycles. The van der Waals surface area contributed by atoms with Crippen LogP contribution in [0.4, 0.5) is 0 Å². The van der Waals surface area contributed by atoms with Crippen molar-refractivity contribution in [1.29, 1.82) is 0 Å². The largest absolute Gasteiger partial charge is 0.361 e.